The van der Waals surface area contributed by atoms with Gasteiger partial charge in [-0.05, 0) is 29.8 Å². The van der Waals surface area contributed by atoms with Crippen molar-refractivity contribution in [1.29, 1.82) is 0 Å². The molecule has 0 heterocycles. The van der Waals surface area contributed by atoms with Crippen molar-refractivity contribution in [2.24, 2.45) is 0 Å². The van der Waals surface area contributed by atoms with Gasteiger partial charge in [0.05, 0.1) is 0 Å². The first kappa shape index (κ1) is 12.6. The van der Waals surface area contributed by atoms with E-state index in [9.17, 15) is 8.76 Å². The van der Waals surface area contributed by atoms with Gasteiger partial charge in [-0.15, -0.1) is 0 Å². The summed E-state index contributed by atoms with van der Waals surface area (Å²) >= 11 is -2.53. The van der Waals surface area contributed by atoms with Crippen LogP contribution < -0.4 is 9.50 Å². The maximum atomic E-state index is 10.3. The zero-order chi connectivity index (χ0) is 12.8. The molecule has 0 aliphatic carbocycles. The third-order valence-electron chi connectivity index (χ3n) is 2.36. The Hall–Kier alpha value is -1.85. The van der Waals surface area contributed by atoms with E-state index in [0.29, 0.717) is 12.3 Å². The van der Waals surface area contributed by atoms with Gasteiger partial charge in [0.15, 0.2) is 0 Å². The van der Waals surface area contributed by atoms with Gasteiger partial charge in [-0.3, -0.25) is 0 Å². The molecular weight excluding hydrogens is 250 g/mol. The Labute approximate surface area is 108 Å². The Balaban J connectivity index is 1.92. The largest absolute Gasteiger partial charge is 0.740 e. The van der Waals surface area contributed by atoms with Crippen LogP contribution in [0.25, 0.3) is 0 Å². The summed E-state index contributed by atoms with van der Waals surface area (Å²) in [4.78, 5) is 0. The summed E-state index contributed by atoms with van der Waals surface area (Å²) in [6, 6.07) is 16.7. The van der Waals surface area contributed by atoms with Gasteiger partial charge in [-0.1, -0.05) is 30.3 Å². The number of anilines is 1. The fourth-order valence-corrected chi connectivity index (χ4v) is 1.78. The van der Waals surface area contributed by atoms with Crippen molar-refractivity contribution >= 4 is 17.0 Å². The lowest BCUT2D eigenvalue weighted by Crippen LogP contribution is -2.00. The van der Waals surface area contributed by atoms with E-state index < -0.39 is 11.4 Å². The van der Waals surface area contributed by atoms with E-state index in [0.717, 1.165) is 5.69 Å². The van der Waals surface area contributed by atoms with E-state index in [-0.39, 0.29) is 0 Å². The second kappa shape index (κ2) is 6.18. The minimum Gasteiger partial charge on any atom is -0.740 e. The lowest BCUT2D eigenvalue weighted by molar-refractivity contribution is 0.440. The molecule has 1 unspecified atom stereocenters. The van der Waals surface area contributed by atoms with Gasteiger partial charge in [0.2, 0.25) is 0 Å². The molecule has 0 saturated carbocycles. The minimum atomic E-state index is -2.53. The molecule has 2 aromatic carbocycles. The van der Waals surface area contributed by atoms with Crippen molar-refractivity contribution in [1.82, 2.24) is 0 Å². The number of benzene rings is 2. The molecule has 0 fully saturated rings. The zero-order valence-electron chi connectivity index (χ0n) is 9.54. The SMILES string of the molecule is O=S([O-])Oc1ccc(NCc2ccccc2)cc1. The fourth-order valence-electron chi connectivity index (χ4n) is 1.51. The van der Waals surface area contributed by atoms with Gasteiger partial charge in [0, 0.05) is 12.2 Å². The van der Waals surface area contributed by atoms with Gasteiger partial charge in [-0.2, -0.15) is 0 Å². The third kappa shape index (κ3) is 3.87. The van der Waals surface area contributed by atoms with Gasteiger partial charge in [0.25, 0.3) is 0 Å². The maximum Gasteiger partial charge on any atom is 0.139 e. The molecular formula is C13H12NO3S-. The van der Waals surface area contributed by atoms with Gasteiger partial charge >= 0.3 is 0 Å². The molecule has 0 amide bonds. The van der Waals surface area contributed by atoms with Gasteiger partial charge in [-0.25, -0.2) is 4.21 Å². The molecule has 5 heteroatoms. The summed E-state index contributed by atoms with van der Waals surface area (Å²) in [5, 5.41) is 3.23. The topological polar surface area (TPSA) is 61.4 Å². The Bertz CT molecular complexity index is 514. The maximum absolute atomic E-state index is 10.3. The van der Waals surface area contributed by atoms with E-state index in [1.165, 1.54) is 5.56 Å². The van der Waals surface area contributed by atoms with E-state index >= 15 is 0 Å². The van der Waals surface area contributed by atoms with Crippen molar-refractivity contribution in [3.63, 3.8) is 0 Å². The predicted octanol–water partition coefficient (Wildman–Crippen LogP) is 2.47. The zero-order valence-corrected chi connectivity index (χ0v) is 10.4. The molecule has 1 N–H and O–H groups in total. The van der Waals surface area contributed by atoms with Crippen molar-refractivity contribution in [2.75, 3.05) is 5.32 Å². The van der Waals surface area contributed by atoms with Crippen LogP contribution in [-0.2, 0) is 17.9 Å². The van der Waals surface area contributed by atoms with Crippen molar-refractivity contribution in [2.45, 2.75) is 6.54 Å². The first-order chi connectivity index (χ1) is 8.74. The second-order valence-corrected chi connectivity index (χ2v) is 4.23. The van der Waals surface area contributed by atoms with E-state index in [4.69, 9.17) is 0 Å². The van der Waals surface area contributed by atoms with E-state index in [2.05, 4.69) is 9.50 Å². The van der Waals surface area contributed by atoms with Crippen molar-refractivity contribution in [3.8, 4) is 5.75 Å². The first-order valence-corrected chi connectivity index (χ1v) is 6.39. The normalized spacial score (nSPS) is 11.8. The van der Waals surface area contributed by atoms with Crippen LogP contribution in [0, 0.1) is 0 Å². The molecule has 0 spiro atoms. The Kier molecular flexibility index (Phi) is 4.33. The third-order valence-corrected chi connectivity index (χ3v) is 2.69. The number of nitrogens with one attached hydrogen (secondary N) is 1. The fraction of sp³-hybridized carbons (Fsp3) is 0.0769. The number of rotatable bonds is 5. The molecule has 0 aromatic heterocycles. The van der Waals surface area contributed by atoms with E-state index in [1.54, 1.807) is 24.3 Å². The van der Waals surface area contributed by atoms with Crippen LogP contribution in [0.2, 0.25) is 0 Å². The van der Waals surface area contributed by atoms with Crippen LogP contribution in [0.1, 0.15) is 5.56 Å². The summed E-state index contributed by atoms with van der Waals surface area (Å²) in [6.45, 7) is 0.717. The molecule has 0 aliphatic heterocycles. The molecule has 4 nitrogen and oxygen atoms in total. The highest BCUT2D eigenvalue weighted by molar-refractivity contribution is 7.74. The van der Waals surface area contributed by atoms with Crippen LogP contribution in [0.4, 0.5) is 5.69 Å². The number of hydrogen-bond donors (Lipinski definition) is 1. The molecule has 1 atom stereocenters. The molecule has 0 aliphatic rings. The lowest BCUT2D eigenvalue weighted by atomic mass is 10.2. The highest BCUT2D eigenvalue weighted by Gasteiger charge is 1.96. The molecule has 0 bridgehead atoms. The molecule has 94 valence electrons. The molecule has 2 rings (SSSR count). The highest BCUT2D eigenvalue weighted by atomic mass is 32.2. The van der Waals surface area contributed by atoms with Crippen LogP contribution >= 0.6 is 0 Å². The summed E-state index contributed by atoms with van der Waals surface area (Å²) < 4.78 is 25.2. The van der Waals surface area contributed by atoms with Crippen molar-refractivity contribution in [3.05, 3.63) is 60.2 Å². The van der Waals surface area contributed by atoms with Crippen molar-refractivity contribution < 1.29 is 12.9 Å². The minimum absolute atomic E-state index is 0.300. The van der Waals surface area contributed by atoms with Crippen LogP contribution in [-0.4, -0.2) is 8.76 Å². The Morgan fingerprint density at radius 2 is 1.72 bits per heavy atom. The first-order valence-electron chi connectivity index (χ1n) is 5.39. The van der Waals surface area contributed by atoms with Gasteiger partial charge in [0.1, 0.15) is 17.1 Å². The lowest BCUT2D eigenvalue weighted by Gasteiger charge is -2.09. The Morgan fingerprint density at radius 1 is 1.06 bits per heavy atom. The van der Waals surface area contributed by atoms with Crippen LogP contribution in [0.3, 0.4) is 0 Å². The quantitative estimate of drug-likeness (QED) is 0.841. The average Bonchev–Trinajstić information content (AvgIpc) is 2.38. The van der Waals surface area contributed by atoms with E-state index in [1.807, 2.05) is 30.3 Å². The Morgan fingerprint density at radius 3 is 2.33 bits per heavy atom. The summed E-state index contributed by atoms with van der Waals surface area (Å²) in [6.07, 6.45) is 0. The van der Waals surface area contributed by atoms with Crippen LogP contribution in [0.5, 0.6) is 5.75 Å². The molecule has 0 radical (unpaired) electrons. The summed E-state index contributed by atoms with van der Waals surface area (Å²) in [7, 11) is 0. The molecule has 2 aromatic rings. The molecule has 18 heavy (non-hydrogen) atoms. The summed E-state index contributed by atoms with van der Waals surface area (Å²) in [5.41, 5.74) is 2.08. The standard InChI is InChI=1S/C13H13NO3S/c15-18(16)17-13-8-6-12(7-9-13)14-10-11-4-2-1-3-5-11/h1-9,14H,10H2,(H,15,16)/p-1. The monoisotopic (exact) mass is 262 g/mol. The second-order valence-electron chi connectivity index (χ2n) is 3.65. The highest BCUT2D eigenvalue weighted by Crippen LogP contribution is 2.16. The smallest absolute Gasteiger partial charge is 0.139 e. The van der Waals surface area contributed by atoms with Crippen LogP contribution in [0.15, 0.2) is 54.6 Å². The number of hydrogen-bond acceptors (Lipinski definition) is 4. The summed E-state index contributed by atoms with van der Waals surface area (Å²) in [5.74, 6) is 0.300. The molecule has 0 saturated heterocycles. The predicted molar refractivity (Wildman–Crippen MR) is 69.8 cm³/mol. The van der Waals surface area contributed by atoms with Gasteiger partial charge < -0.3 is 14.1 Å². The average molecular weight is 262 g/mol.